The number of carbonyl (C=O) groups is 1. The number of nitrogens with one attached hydrogen (secondary N) is 1. The molecule has 7 rings (SSSR count). The first-order valence-electron chi connectivity index (χ1n) is 13.2. The first kappa shape index (κ1) is 28.4. The Hall–Kier alpha value is -3.69. The van der Waals surface area contributed by atoms with E-state index in [-0.39, 0.29) is 42.7 Å². The summed E-state index contributed by atoms with van der Waals surface area (Å²) in [6.45, 7) is 7.12. The zero-order chi connectivity index (χ0) is 30.0. The SMILES string of the molecule is Cc1nc(C)c(-c2csc(Nc3ccc(C(=O)N4[C@@H]5C[C@H]4CN(c4nc(C(C)(C)O)ncc4C(F)(F)F)C5)cn3)n2)s1. The molecule has 4 aromatic heterocycles. The van der Waals surface area contributed by atoms with Gasteiger partial charge in [0.2, 0.25) is 0 Å². The molecule has 220 valence electrons. The second kappa shape index (κ2) is 10.2. The van der Waals surface area contributed by atoms with Crippen LogP contribution >= 0.6 is 22.7 Å². The maximum absolute atomic E-state index is 13.8. The monoisotopic (exact) mass is 616 g/mol. The van der Waals surface area contributed by atoms with E-state index in [1.54, 1.807) is 28.4 Å². The number of rotatable bonds is 6. The molecule has 0 radical (unpaired) electrons. The highest BCUT2D eigenvalue weighted by molar-refractivity contribution is 7.16. The number of piperidine rings is 1. The fraction of sp³-hybridized carbons (Fsp3) is 0.407. The molecular weight excluding hydrogens is 589 g/mol. The minimum atomic E-state index is -4.66. The highest BCUT2D eigenvalue weighted by Gasteiger charge is 2.49. The van der Waals surface area contributed by atoms with E-state index in [1.165, 1.54) is 36.3 Å². The molecule has 7 heterocycles. The Balaban J connectivity index is 1.13. The van der Waals surface area contributed by atoms with E-state index < -0.39 is 17.3 Å². The molecular formula is C27H27F3N8O2S2. The number of alkyl halides is 3. The number of pyridine rings is 1. The molecule has 0 saturated carbocycles. The number of aromatic nitrogens is 5. The number of fused-ring (bicyclic) bond motifs is 2. The fourth-order valence-electron chi connectivity index (χ4n) is 5.28. The van der Waals surface area contributed by atoms with Crippen molar-refractivity contribution >= 4 is 45.3 Å². The van der Waals surface area contributed by atoms with Gasteiger partial charge in [-0.2, -0.15) is 13.2 Å². The van der Waals surface area contributed by atoms with E-state index in [9.17, 15) is 23.1 Å². The fourth-order valence-corrected chi connectivity index (χ4v) is 6.94. The first-order chi connectivity index (χ1) is 19.8. The van der Waals surface area contributed by atoms with E-state index in [1.807, 2.05) is 19.2 Å². The average molecular weight is 617 g/mol. The van der Waals surface area contributed by atoms with Crippen LogP contribution in [0.15, 0.2) is 29.9 Å². The van der Waals surface area contributed by atoms with Gasteiger partial charge in [0.15, 0.2) is 11.0 Å². The normalized spacial score (nSPS) is 18.7. The predicted octanol–water partition coefficient (Wildman–Crippen LogP) is 5.16. The van der Waals surface area contributed by atoms with Crippen molar-refractivity contribution in [1.29, 1.82) is 0 Å². The van der Waals surface area contributed by atoms with E-state index in [0.717, 1.165) is 21.3 Å². The van der Waals surface area contributed by atoms with Gasteiger partial charge in [-0.1, -0.05) is 0 Å². The van der Waals surface area contributed by atoms with Gasteiger partial charge in [0.1, 0.15) is 22.8 Å². The van der Waals surface area contributed by atoms with Gasteiger partial charge in [0, 0.05) is 30.9 Å². The van der Waals surface area contributed by atoms with Gasteiger partial charge < -0.3 is 20.2 Å². The van der Waals surface area contributed by atoms with Crippen LogP contribution in [0.3, 0.4) is 0 Å². The molecule has 2 N–H and O–H groups in total. The number of nitrogens with zero attached hydrogens (tertiary/aromatic N) is 7. The number of hydrogen-bond acceptors (Lipinski definition) is 11. The highest BCUT2D eigenvalue weighted by atomic mass is 32.1. The molecule has 3 saturated heterocycles. The van der Waals surface area contributed by atoms with Crippen molar-refractivity contribution < 1.29 is 23.1 Å². The summed E-state index contributed by atoms with van der Waals surface area (Å²) in [5.74, 6) is -0.0659. The average Bonchev–Trinajstić information content (AvgIpc) is 3.52. The summed E-state index contributed by atoms with van der Waals surface area (Å²) in [6, 6.07) is 2.83. The number of carbonyl (C=O) groups excluding carboxylic acids is 1. The minimum absolute atomic E-state index is 0.0971. The Morgan fingerprint density at radius 1 is 1.07 bits per heavy atom. The summed E-state index contributed by atoms with van der Waals surface area (Å²) in [5, 5.41) is 17.0. The van der Waals surface area contributed by atoms with Gasteiger partial charge in [0.25, 0.3) is 5.91 Å². The molecule has 4 aromatic rings. The molecule has 0 aliphatic carbocycles. The molecule has 1 amide bonds. The lowest BCUT2D eigenvalue weighted by atomic mass is 9.86. The minimum Gasteiger partial charge on any atom is -0.382 e. The van der Waals surface area contributed by atoms with Crippen molar-refractivity contribution in [3.63, 3.8) is 0 Å². The summed E-state index contributed by atoms with van der Waals surface area (Å²) in [5.41, 5.74) is -0.301. The standard InChI is InChI=1S/C27H27F3N8O2S2/c1-13-21(42-14(2)33-13)19-12-41-25(34-19)35-20-6-5-15(8-31-20)23(39)38-16-7-17(38)11-37(10-16)22-18(27(28,29)30)9-32-24(36-22)26(3,4)40/h5-6,8-9,12,16-17,40H,7,10-11H2,1-4H3,(H,31,34,35)/t16-,17+. The van der Waals surface area contributed by atoms with E-state index in [0.29, 0.717) is 29.1 Å². The topological polar surface area (TPSA) is 120 Å². The third-order valence-corrected chi connectivity index (χ3v) is 9.09. The zero-order valence-electron chi connectivity index (χ0n) is 23.1. The van der Waals surface area contributed by atoms with Crippen molar-refractivity contribution in [2.75, 3.05) is 23.3 Å². The van der Waals surface area contributed by atoms with Gasteiger partial charge >= 0.3 is 6.18 Å². The van der Waals surface area contributed by atoms with Crippen LogP contribution in [0.4, 0.5) is 29.9 Å². The summed E-state index contributed by atoms with van der Waals surface area (Å²) < 4.78 is 41.3. The quantitative estimate of drug-likeness (QED) is 0.303. The molecule has 0 unspecified atom stereocenters. The number of aryl methyl sites for hydroxylation is 2. The Bertz CT molecular complexity index is 1640. The number of hydrogen-bond donors (Lipinski definition) is 2. The Kier molecular flexibility index (Phi) is 6.93. The van der Waals surface area contributed by atoms with E-state index in [4.69, 9.17) is 0 Å². The van der Waals surface area contributed by atoms with E-state index >= 15 is 0 Å². The van der Waals surface area contributed by atoms with Gasteiger partial charge in [-0.25, -0.2) is 24.9 Å². The van der Waals surface area contributed by atoms with Crippen LogP contribution in [0.1, 0.15) is 52.7 Å². The lowest BCUT2D eigenvalue weighted by molar-refractivity contribution is -0.137. The van der Waals surface area contributed by atoms with Gasteiger partial charge in [0.05, 0.1) is 38.9 Å². The third kappa shape index (κ3) is 5.31. The number of anilines is 3. The van der Waals surface area contributed by atoms with Gasteiger partial charge in [-0.05, 0) is 46.2 Å². The van der Waals surface area contributed by atoms with Crippen molar-refractivity contribution in [3.8, 4) is 10.6 Å². The van der Waals surface area contributed by atoms with Crippen molar-refractivity contribution in [3.05, 3.63) is 57.6 Å². The zero-order valence-corrected chi connectivity index (χ0v) is 24.7. The summed E-state index contributed by atoms with van der Waals surface area (Å²) in [4.78, 5) is 38.9. The molecule has 2 atom stereocenters. The predicted molar refractivity (Wildman–Crippen MR) is 153 cm³/mol. The van der Waals surface area contributed by atoms with Crippen LogP contribution in [0.25, 0.3) is 10.6 Å². The summed E-state index contributed by atoms with van der Waals surface area (Å²) >= 11 is 3.03. The second-order valence-electron chi connectivity index (χ2n) is 10.9. The molecule has 3 aliphatic heterocycles. The molecule has 0 spiro atoms. The third-order valence-electron chi connectivity index (χ3n) is 7.23. The van der Waals surface area contributed by atoms with E-state index in [2.05, 4.69) is 30.2 Å². The molecule has 0 aromatic carbocycles. The lowest BCUT2D eigenvalue weighted by Crippen LogP contribution is -2.70. The largest absolute Gasteiger partial charge is 0.421 e. The maximum Gasteiger partial charge on any atom is 0.421 e. The molecule has 15 heteroatoms. The Labute approximate surface area is 247 Å². The maximum atomic E-state index is 13.8. The first-order valence-corrected chi connectivity index (χ1v) is 14.8. The number of amides is 1. The number of halogens is 3. The Morgan fingerprint density at radius 3 is 2.40 bits per heavy atom. The van der Waals surface area contributed by atoms with Crippen LogP contribution in [0, 0.1) is 13.8 Å². The number of thiazole rings is 2. The van der Waals surface area contributed by atoms with Gasteiger partial charge in [-0.15, -0.1) is 22.7 Å². The summed E-state index contributed by atoms with van der Waals surface area (Å²) in [6.07, 6.45) is -1.77. The molecule has 42 heavy (non-hydrogen) atoms. The lowest BCUT2D eigenvalue weighted by Gasteiger charge is -2.56. The molecule has 3 aliphatic rings. The van der Waals surface area contributed by atoms with Crippen LogP contribution in [0.2, 0.25) is 0 Å². The molecule has 3 fully saturated rings. The number of piperazine rings is 1. The number of aliphatic hydroxyl groups is 1. The highest BCUT2D eigenvalue weighted by Crippen LogP contribution is 2.41. The Morgan fingerprint density at radius 2 is 1.81 bits per heavy atom. The van der Waals surface area contributed by atoms with Crippen LogP contribution in [-0.4, -0.2) is 66.0 Å². The smallest absolute Gasteiger partial charge is 0.382 e. The van der Waals surface area contributed by atoms with Crippen LogP contribution in [0.5, 0.6) is 0 Å². The molecule has 2 bridgehead atoms. The van der Waals surface area contributed by atoms with Crippen LogP contribution in [-0.2, 0) is 11.8 Å². The van der Waals surface area contributed by atoms with Crippen molar-refractivity contribution in [2.24, 2.45) is 0 Å². The van der Waals surface area contributed by atoms with Crippen LogP contribution < -0.4 is 10.2 Å². The van der Waals surface area contributed by atoms with Crippen molar-refractivity contribution in [2.45, 2.75) is 58.0 Å². The second-order valence-corrected chi connectivity index (χ2v) is 13.0. The summed E-state index contributed by atoms with van der Waals surface area (Å²) in [7, 11) is 0. The van der Waals surface area contributed by atoms with Gasteiger partial charge in [-0.3, -0.25) is 4.79 Å². The van der Waals surface area contributed by atoms with Crippen molar-refractivity contribution in [1.82, 2.24) is 29.8 Å². The molecule has 10 nitrogen and oxygen atoms in total.